The largest absolute Gasteiger partial charge is 0.513 e. The molecule has 1 fully saturated rings. The fourth-order valence-corrected chi connectivity index (χ4v) is 3.65. The molecule has 0 aliphatic heterocycles. The van der Waals surface area contributed by atoms with E-state index in [1.807, 2.05) is 49.4 Å². The van der Waals surface area contributed by atoms with Gasteiger partial charge in [0.2, 0.25) is 5.91 Å². The van der Waals surface area contributed by atoms with Crippen molar-refractivity contribution in [3.8, 4) is 5.75 Å². The predicted octanol–water partition coefficient (Wildman–Crippen LogP) is 3.61. The van der Waals surface area contributed by atoms with Crippen LogP contribution in [-0.2, 0) is 22.4 Å². The van der Waals surface area contributed by atoms with Crippen LogP contribution in [0, 0.1) is 5.92 Å². The van der Waals surface area contributed by atoms with E-state index >= 15 is 0 Å². The van der Waals surface area contributed by atoms with Crippen molar-refractivity contribution < 1.29 is 24.2 Å². The number of nitrogens with one attached hydrogen (secondary N) is 1. The average molecular weight is 411 g/mol. The molecule has 2 unspecified atom stereocenters. The van der Waals surface area contributed by atoms with Crippen molar-refractivity contribution in [2.24, 2.45) is 5.92 Å². The first-order valence-electron chi connectivity index (χ1n) is 10.5. The van der Waals surface area contributed by atoms with Gasteiger partial charge in [-0.1, -0.05) is 49.4 Å². The summed E-state index contributed by atoms with van der Waals surface area (Å²) in [6.45, 7) is 2.67. The molecule has 1 aliphatic carbocycles. The summed E-state index contributed by atoms with van der Waals surface area (Å²) in [6, 6.07) is 15.4. The second kappa shape index (κ2) is 10.8. The molecule has 0 saturated heterocycles. The van der Waals surface area contributed by atoms with Gasteiger partial charge < -0.3 is 19.9 Å². The molecule has 0 heterocycles. The van der Waals surface area contributed by atoms with Crippen LogP contribution in [0.25, 0.3) is 0 Å². The van der Waals surface area contributed by atoms with Gasteiger partial charge in [0.05, 0.1) is 6.61 Å². The summed E-state index contributed by atoms with van der Waals surface area (Å²) >= 11 is 0. The zero-order valence-corrected chi connectivity index (χ0v) is 17.3. The Balaban J connectivity index is 1.58. The highest BCUT2D eigenvalue weighted by Gasteiger charge is 2.40. The molecule has 2 atom stereocenters. The van der Waals surface area contributed by atoms with Gasteiger partial charge in [0, 0.05) is 31.6 Å². The Kier molecular flexibility index (Phi) is 7.85. The molecule has 6 nitrogen and oxygen atoms in total. The van der Waals surface area contributed by atoms with E-state index in [4.69, 9.17) is 9.47 Å². The first-order valence-corrected chi connectivity index (χ1v) is 10.5. The number of rotatable bonds is 10. The van der Waals surface area contributed by atoms with E-state index in [-0.39, 0.29) is 19.1 Å². The third-order valence-electron chi connectivity index (χ3n) is 5.38. The molecule has 30 heavy (non-hydrogen) atoms. The second-order valence-electron chi connectivity index (χ2n) is 7.49. The van der Waals surface area contributed by atoms with Crippen LogP contribution in [-0.4, -0.2) is 36.9 Å². The highest BCUT2D eigenvalue weighted by atomic mass is 16.7. The van der Waals surface area contributed by atoms with Gasteiger partial charge in [-0.2, -0.15) is 0 Å². The van der Waals surface area contributed by atoms with Gasteiger partial charge in [0.25, 0.3) is 0 Å². The molecule has 2 aromatic rings. The van der Waals surface area contributed by atoms with Gasteiger partial charge in [0.1, 0.15) is 5.75 Å². The van der Waals surface area contributed by atoms with Gasteiger partial charge in [-0.3, -0.25) is 4.79 Å². The Labute approximate surface area is 177 Å². The van der Waals surface area contributed by atoms with E-state index in [0.717, 1.165) is 23.1 Å². The zero-order valence-electron chi connectivity index (χ0n) is 17.3. The third-order valence-corrected chi connectivity index (χ3v) is 5.38. The Morgan fingerprint density at radius 1 is 1.10 bits per heavy atom. The van der Waals surface area contributed by atoms with Crippen LogP contribution < -0.4 is 10.1 Å². The Morgan fingerprint density at radius 2 is 1.90 bits per heavy atom. The second-order valence-corrected chi connectivity index (χ2v) is 7.49. The highest BCUT2D eigenvalue weighted by Crippen LogP contribution is 2.49. The third kappa shape index (κ3) is 6.07. The van der Waals surface area contributed by atoms with Crippen LogP contribution in [0.1, 0.15) is 42.4 Å². The van der Waals surface area contributed by atoms with Crippen LogP contribution in [0.4, 0.5) is 4.79 Å². The maximum atomic E-state index is 12.2. The molecular weight excluding hydrogens is 382 g/mol. The summed E-state index contributed by atoms with van der Waals surface area (Å²) in [4.78, 5) is 23.7. The van der Waals surface area contributed by atoms with Crippen molar-refractivity contribution in [1.29, 1.82) is 0 Å². The van der Waals surface area contributed by atoms with Crippen molar-refractivity contribution in [3.63, 3.8) is 0 Å². The average Bonchev–Trinajstić information content (AvgIpc) is 3.53. The van der Waals surface area contributed by atoms with Crippen LogP contribution >= 0.6 is 0 Å². The number of carbonyl (C=O) groups excluding carboxylic acids is 2. The lowest BCUT2D eigenvalue weighted by Gasteiger charge is -2.14. The van der Waals surface area contributed by atoms with Gasteiger partial charge in [0.15, 0.2) is 0 Å². The Hall–Kier alpha value is -2.86. The number of ether oxygens (including phenoxy) is 2. The fraction of sp³-hybridized carbons (Fsp3) is 0.417. The lowest BCUT2D eigenvalue weighted by Crippen LogP contribution is -2.24. The Morgan fingerprint density at radius 3 is 2.63 bits per heavy atom. The molecule has 6 heteroatoms. The standard InChI is InChI=1S/C24H29NO5/c1-2-23(27)25-16-18-15-21(18)19-9-6-10-22(20(19)11-13-26)30-24(28)29-14-12-17-7-4-3-5-8-17/h3-10,18,21,26H,2,11-16H2,1H3,(H,25,27). The topological polar surface area (TPSA) is 84.9 Å². The number of aliphatic hydroxyl groups excluding tert-OH is 1. The molecule has 0 bridgehead atoms. The SMILES string of the molecule is CCC(=O)NCC1CC1c1cccc(OC(=O)OCCc2ccccc2)c1CCO. The van der Waals surface area contributed by atoms with Crippen LogP contribution in [0.5, 0.6) is 5.75 Å². The van der Waals surface area contributed by atoms with Gasteiger partial charge >= 0.3 is 6.16 Å². The summed E-state index contributed by atoms with van der Waals surface area (Å²) in [7, 11) is 0. The summed E-state index contributed by atoms with van der Waals surface area (Å²) in [6.07, 6.45) is 1.71. The molecule has 0 radical (unpaired) electrons. The number of hydrogen-bond acceptors (Lipinski definition) is 5. The number of amides is 1. The summed E-state index contributed by atoms with van der Waals surface area (Å²) in [5, 5.41) is 12.5. The molecule has 2 aromatic carbocycles. The molecule has 0 aromatic heterocycles. The summed E-state index contributed by atoms with van der Waals surface area (Å²) in [5.74, 6) is 1.13. The first-order chi connectivity index (χ1) is 14.6. The minimum Gasteiger partial charge on any atom is -0.434 e. The minimum atomic E-state index is -0.746. The number of benzene rings is 2. The molecular formula is C24H29NO5. The fourth-order valence-electron chi connectivity index (χ4n) is 3.65. The maximum absolute atomic E-state index is 12.2. The van der Waals surface area contributed by atoms with Gasteiger partial charge in [-0.05, 0) is 41.9 Å². The van der Waals surface area contributed by atoms with Crippen molar-refractivity contribution in [2.75, 3.05) is 19.8 Å². The van der Waals surface area contributed by atoms with E-state index in [2.05, 4.69) is 5.32 Å². The molecule has 0 spiro atoms. The van der Waals surface area contributed by atoms with Gasteiger partial charge in [-0.25, -0.2) is 4.79 Å². The summed E-state index contributed by atoms with van der Waals surface area (Å²) in [5.41, 5.74) is 2.98. The van der Waals surface area contributed by atoms with E-state index in [0.29, 0.717) is 43.4 Å². The molecule has 1 amide bonds. The van der Waals surface area contributed by atoms with Crippen molar-refractivity contribution >= 4 is 12.1 Å². The number of hydrogen-bond donors (Lipinski definition) is 2. The zero-order chi connectivity index (χ0) is 21.3. The number of carbonyl (C=O) groups is 2. The molecule has 160 valence electrons. The minimum absolute atomic E-state index is 0.0413. The van der Waals surface area contributed by atoms with Crippen LogP contribution in [0.15, 0.2) is 48.5 Å². The van der Waals surface area contributed by atoms with Crippen LogP contribution in [0.3, 0.4) is 0 Å². The Bertz CT molecular complexity index is 852. The highest BCUT2D eigenvalue weighted by molar-refractivity contribution is 5.75. The quantitative estimate of drug-likeness (QED) is 0.461. The van der Waals surface area contributed by atoms with Crippen molar-refractivity contribution in [2.45, 2.75) is 38.5 Å². The molecule has 3 rings (SSSR count). The smallest absolute Gasteiger partial charge is 0.434 e. The summed E-state index contributed by atoms with van der Waals surface area (Å²) < 4.78 is 10.7. The first kappa shape index (κ1) is 21.8. The maximum Gasteiger partial charge on any atom is 0.513 e. The monoisotopic (exact) mass is 411 g/mol. The lowest BCUT2D eigenvalue weighted by molar-refractivity contribution is -0.120. The number of aliphatic hydroxyl groups is 1. The molecule has 1 aliphatic rings. The van der Waals surface area contributed by atoms with E-state index in [9.17, 15) is 14.7 Å². The van der Waals surface area contributed by atoms with E-state index in [1.165, 1.54) is 0 Å². The predicted molar refractivity (Wildman–Crippen MR) is 114 cm³/mol. The molecule has 1 saturated carbocycles. The van der Waals surface area contributed by atoms with Crippen molar-refractivity contribution in [1.82, 2.24) is 5.32 Å². The molecule has 2 N–H and O–H groups in total. The normalized spacial score (nSPS) is 17.3. The lowest BCUT2D eigenvalue weighted by atomic mass is 9.98. The van der Waals surface area contributed by atoms with E-state index in [1.54, 1.807) is 6.07 Å². The van der Waals surface area contributed by atoms with Gasteiger partial charge in [-0.15, -0.1) is 0 Å². The van der Waals surface area contributed by atoms with Crippen molar-refractivity contribution in [3.05, 3.63) is 65.2 Å². The van der Waals surface area contributed by atoms with Crippen LogP contribution in [0.2, 0.25) is 0 Å². The van der Waals surface area contributed by atoms with E-state index < -0.39 is 6.16 Å².